The van der Waals surface area contributed by atoms with E-state index in [4.69, 9.17) is 16.3 Å². The molecule has 0 fully saturated rings. The predicted octanol–water partition coefficient (Wildman–Crippen LogP) is 4.85. The van der Waals surface area contributed by atoms with Gasteiger partial charge in [0.05, 0.1) is 23.4 Å². The summed E-state index contributed by atoms with van der Waals surface area (Å²) < 4.78 is 21.7. The Morgan fingerprint density at radius 2 is 1.83 bits per heavy atom. The molecule has 1 unspecified atom stereocenters. The van der Waals surface area contributed by atoms with Crippen LogP contribution in [0.2, 0.25) is 5.02 Å². The van der Waals surface area contributed by atoms with E-state index >= 15 is 0 Å². The van der Waals surface area contributed by atoms with Crippen molar-refractivity contribution in [2.45, 2.75) is 25.1 Å². The maximum absolute atomic E-state index is 14.6. The Morgan fingerprint density at radius 3 is 2.55 bits per heavy atom. The summed E-state index contributed by atoms with van der Waals surface area (Å²) in [5.41, 5.74) is 0.970. The highest BCUT2D eigenvalue weighted by Crippen LogP contribution is 2.32. The molecule has 0 aliphatic rings. The molecule has 0 saturated heterocycles. The summed E-state index contributed by atoms with van der Waals surface area (Å²) in [5.74, 6) is 0.780. The Balaban J connectivity index is 1.88. The summed E-state index contributed by atoms with van der Waals surface area (Å²) in [5, 5.41) is 19.7. The van der Waals surface area contributed by atoms with Crippen molar-refractivity contribution >= 4 is 23.4 Å². The van der Waals surface area contributed by atoms with Gasteiger partial charge in [0.25, 0.3) is 0 Å². The lowest BCUT2D eigenvalue weighted by molar-refractivity contribution is 0.0364. The van der Waals surface area contributed by atoms with Crippen LogP contribution in [0.3, 0.4) is 0 Å². The van der Waals surface area contributed by atoms with E-state index in [2.05, 4.69) is 10.2 Å². The Kier molecular flexibility index (Phi) is 7.66. The molecular formula is C21H23ClFN3O2S. The minimum absolute atomic E-state index is 0.233. The predicted molar refractivity (Wildman–Crippen MR) is 114 cm³/mol. The quantitative estimate of drug-likeness (QED) is 0.487. The van der Waals surface area contributed by atoms with Gasteiger partial charge in [-0.05, 0) is 30.2 Å². The highest BCUT2D eigenvalue weighted by molar-refractivity contribution is 7.99. The van der Waals surface area contributed by atoms with E-state index in [0.717, 1.165) is 0 Å². The molecule has 0 radical (unpaired) electrons. The molecule has 8 heteroatoms. The number of aliphatic hydroxyl groups is 1. The maximum Gasteiger partial charge on any atom is 0.196 e. The van der Waals surface area contributed by atoms with Crippen molar-refractivity contribution in [3.63, 3.8) is 0 Å². The Bertz CT molecular complexity index is 951. The number of aromatic nitrogens is 3. The van der Waals surface area contributed by atoms with E-state index in [1.165, 1.54) is 17.8 Å². The number of ether oxygens (including phenoxy) is 1. The monoisotopic (exact) mass is 435 g/mol. The van der Waals surface area contributed by atoms with Gasteiger partial charge in [-0.15, -0.1) is 10.2 Å². The van der Waals surface area contributed by atoms with Gasteiger partial charge in [0.2, 0.25) is 0 Å². The second-order valence-corrected chi connectivity index (χ2v) is 8.36. The molecule has 0 spiro atoms. The molecule has 1 heterocycles. The lowest BCUT2D eigenvalue weighted by Gasteiger charge is -2.14. The third kappa shape index (κ3) is 5.57. The molecule has 1 atom stereocenters. The van der Waals surface area contributed by atoms with Crippen molar-refractivity contribution in [3.8, 4) is 17.1 Å². The number of para-hydroxylation sites is 1. The molecule has 3 rings (SSSR count). The second-order valence-electron chi connectivity index (χ2n) is 6.97. The van der Waals surface area contributed by atoms with E-state index in [1.807, 2.05) is 32.0 Å². The lowest BCUT2D eigenvalue weighted by Crippen LogP contribution is -2.20. The zero-order valence-electron chi connectivity index (χ0n) is 16.3. The van der Waals surface area contributed by atoms with Gasteiger partial charge >= 0.3 is 0 Å². The normalized spacial score (nSPS) is 12.5. The van der Waals surface area contributed by atoms with Crippen molar-refractivity contribution in [1.29, 1.82) is 0 Å². The fourth-order valence-corrected chi connectivity index (χ4v) is 3.76. The molecule has 0 aliphatic heterocycles. The van der Waals surface area contributed by atoms with Crippen LogP contribution >= 0.6 is 23.4 Å². The van der Waals surface area contributed by atoms with Crippen molar-refractivity contribution in [3.05, 3.63) is 59.4 Å². The van der Waals surface area contributed by atoms with Crippen molar-refractivity contribution in [2.75, 3.05) is 19.0 Å². The number of hydrogen-bond donors (Lipinski definition) is 1. The largest absolute Gasteiger partial charge is 0.390 e. The third-order valence-corrected chi connectivity index (χ3v) is 5.41. The van der Waals surface area contributed by atoms with Crippen molar-refractivity contribution in [1.82, 2.24) is 14.8 Å². The van der Waals surface area contributed by atoms with Gasteiger partial charge in [0, 0.05) is 17.9 Å². The lowest BCUT2D eigenvalue weighted by atomic mass is 10.2. The van der Waals surface area contributed by atoms with Gasteiger partial charge in [0.15, 0.2) is 11.0 Å². The minimum atomic E-state index is -0.673. The van der Waals surface area contributed by atoms with Crippen LogP contribution in [0.15, 0.2) is 53.7 Å². The van der Waals surface area contributed by atoms with E-state index < -0.39 is 11.9 Å². The molecule has 1 N–H and O–H groups in total. The maximum atomic E-state index is 14.6. The molecule has 29 heavy (non-hydrogen) atoms. The smallest absolute Gasteiger partial charge is 0.196 e. The fraction of sp³-hybridized carbons (Fsp3) is 0.333. The number of nitrogens with zero attached hydrogens (tertiary/aromatic N) is 3. The van der Waals surface area contributed by atoms with Crippen molar-refractivity contribution < 1.29 is 14.2 Å². The topological polar surface area (TPSA) is 60.2 Å². The third-order valence-electron chi connectivity index (χ3n) is 4.01. The van der Waals surface area contributed by atoms with Gasteiger partial charge < -0.3 is 9.84 Å². The number of benzene rings is 2. The number of rotatable bonds is 9. The number of thioether (sulfide) groups is 1. The van der Waals surface area contributed by atoms with Crippen LogP contribution in [-0.4, -0.2) is 44.9 Å². The highest BCUT2D eigenvalue weighted by atomic mass is 35.5. The molecule has 0 bridgehead atoms. The summed E-state index contributed by atoms with van der Waals surface area (Å²) in [6.45, 7) is 4.92. The van der Waals surface area contributed by atoms with Crippen LogP contribution in [0.25, 0.3) is 17.1 Å². The first-order valence-corrected chi connectivity index (χ1v) is 10.7. The summed E-state index contributed by atoms with van der Waals surface area (Å²) in [6, 6.07) is 13.6. The van der Waals surface area contributed by atoms with Crippen LogP contribution < -0.4 is 0 Å². The number of hydrogen-bond acceptors (Lipinski definition) is 5. The SMILES string of the molecule is CC(C)COCC(O)CSc1nnc(-c2ccccc2Cl)n1-c1ccccc1F. The first kappa shape index (κ1) is 21.8. The molecule has 0 saturated carbocycles. The highest BCUT2D eigenvalue weighted by Gasteiger charge is 2.21. The Hall–Kier alpha value is -1.93. The van der Waals surface area contributed by atoms with Gasteiger partial charge in [-0.1, -0.05) is 61.5 Å². The van der Waals surface area contributed by atoms with E-state index in [0.29, 0.717) is 45.5 Å². The molecular weight excluding hydrogens is 413 g/mol. The summed E-state index contributed by atoms with van der Waals surface area (Å²) in [4.78, 5) is 0. The first-order valence-electron chi connectivity index (χ1n) is 9.31. The van der Waals surface area contributed by atoms with Gasteiger partial charge in [-0.3, -0.25) is 4.57 Å². The Morgan fingerprint density at radius 1 is 1.10 bits per heavy atom. The molecule has 1 aromatic heterocycles. The van der Waals surface area contributed by atoms with Crippen LogP contribution in [0.4, 0.5) is 4.39 Å². The van der Waals surface area contributed by atoms with Crippen LogP contribution in [0, 0.1) is 11.7 Å². The zero-order valence-corrected chi connectivity index (χ0v) is 17.8. The number of halogens is 2. The van der Waals surface area contributed by atoms with Gasteiger partial charge in [-0.25, -0.2) is 4.39 Å². The molecule has 3 aromatic rings. The molecule has 5 nitrogen and oxygen atoms in total. The van der Waals surface area contributed by atoms with Crippen LogP contribution in [0.1, 0.15) is 13.8 Å². The average molecular weight is 436 g/mol. The molecule has 0 aliphatic carbocycles. The first-order chi connectivity index (χ1) is 14.0. The number of aliphatic hydroxyl groups excluding tert-OH is 1. The molecule has 2 aromatic carbocycles. The van der Waals surface area contributed by atoms with Crippen molar-refractivity contribution in [2.24, 2.45) is 5.92 Å². The van der Waals surface area contributed by atoms with Gasteiger partial charge in [0.1, 0.15) is 5.82 Å². The van der Waals surface area contributed by atoms with Gasteiger partial charge in [-0.2, -0.15) is 0 Å². The van der Waals surface area contributed by atoms with E-state index in [-0.39, 0.29) is 6.61 Å². The molecule has 0 amide bonds. The van der Waals surface area contributed by atoms with E-state index in [1.54, 1.807) is 28.8 Å². The van der Waals surface area contributed by atoms with E-state index in [9.17, 15) is 9.50 Å². The standard InChI is InChI=1S/C21H23ClFN3O2S/c1-14(2)11-28-12-15(27)13-29-21-25-24-20(16-7-3-4-8-17(16)22)26(21)19-10-6-5-9-18(19)23/h3-10,14-15,27H,11-13H2,1-2H3. The minimum Gasteiger partial charge on any atom is -0.390 e. The second kappa shape index (κ2) is 10.2. The molecule has 154 valence electrons. The summed E-state index contributed by atoms with van der Waals surface area (Å²) in [6.07, 6.45) is -0.673. The average Bonchev–Trinajstić information content (AvgIpc) is 3.10. The van der Waals surface area contributed by atoms with Crippen LogP contribution in [0.5, 0.6) is 0 Å². The zero-order chi connectivity index (χ0) is 20.8. The summed E-state index contributed by atoms with van der Waals surface area (Å²) in [7, 11) is 0. The Labute approximate surface area is 178 Å². The fourth-order valence-electron chi connectivity index (χ4n) is 2.69. The van der Waals surface area contributed by atoms with Crippen LogP contribution in [-0.2, 0) is 4.74 Å². The summed E-state index contributed by atoms with van der Waals surface area (Å²) >= 11 is 7.63.